The molecule has 5 rings (SSSR count). The van der Waals surface area contributed by atoms with Crippen LogP contribution in [0, 0.1) is 17.2 Å². The van der Waals surface area contributed by atoms with Gasteiger partial charge < -0.3 is 24.8 Å². The number of carbonyl (C=O) groups is 4. The van der Waals surface area contributed by atoms with Crippen LogP contribution in [0.1, 0.15) is 68.9 Å². The number of nitrogens with zero attached hydrogens (tertiary/aromatic N) is 5. The van der Waals surface area contributed by atoms with Gasteiger partial charge in [0, 0.05) is 44.8 Å². The molecule has 11 heteroatoms. The lowest BCUT2D eigenvalue weighted by molar-refractivity contribution is -0.141. The zero-order chi connectivity index (χ0) is 29.8. The van der Waals surface area contributed by atoms with Crippen LogP contribution >= 0.6 is 0 Å². The van der Waals surface area contributed by atoms with Crippen LogP contribution in [0.15, 0.2) is 24.3 Å². The Balaban J connectivity index is 1.30. The van der Waals surface area contributed by atoms with Gasteiger partial charge in [-0.1, -0.05) is 12.1 Å². The Morgan fingerprint density at radius 3 is 2.56 bits per heavy atom. The molecule has 1 aromatic carbocycles. The van der Waals surface area contributed by atoms with Gasteiger partial charge in [-0.15, -0.1) is 0 Å². The van der Waals surface area contributed by atoms with Crippen molar-refractivity contribution in [3.8, 4) is 6.07 Å². The fourth-order valence-electron chi connectivity index (χ4n) is 6.69. The van der Waals surface area contributed by atoms with Crippen molar-refractivity contribution in [3.05, 3.63) is 35.4 Å². The second-order valence-corrected chi connectivity index (χ2v) is 13.0. The van der Waals surface area contributed by atoms with Crippen LogP contribution in [0.25, 0.3) is 0 Å². The minimum Gasteiger partial charge on any atom is -0.444 e. The molecule has 3 heterocycles. The van der Waals surface area contributed by atoms with Crippen LogP contribution < -0.4 is 5.32 Å². The number of fused-ring (bicyclic) bond motifs is 3. The van der Waals surface area contributed by atoms with E-state index in [0.29, 0.717) is 30.9 Å². The van der Waals surface area contributed by atoms with Crippen LogP contribution in [0.5, 0.6) is 0 Å². The average Bonchev–Trinajstić information content (AvgIpc) is 3.23. The van der Waals surface area contributed by atoms with Gasteiger partial charge in [0.2, 0.25) is 11.8 Å². The first-order valence-corrected chi connectivity index (χ1v) is 14.4. The molecule has 0 aromatic heterocycles. The molecule has 1 saturated carbocycles. The van der Waals surface area contributed by atoms with Gasteiger partial charge in [-0.25, -0.2) is 4.79 Å². The number of nitrogens with one attached hydrogen (secondary N) is 1. The molecule has 4 fully saturated rings. The van der Waals surface area contributed by atoms with E-state index in [2.05, 4.69) is 11.4 Å². The van der Waals surface area contributed by atoms with Crippen LogP contribution in [0.3, 0.4) is 0 Å². The fourth-order valence-corrected chi connectivity index (χ4v) is 6.69. The molecule has 4 amide bonds. The first-order valence-electron chi connectivity index (χ1n) is 14.4. The largest absolute Gasteiger partial charge is 0.444 e. The summed E-state index contributed by atoms with van der Waals surface area (Å²) >= 11 is 0. The number of carbonyl (C=O) groups excluding carboxylic acids is 4. The maximum Gasteiger partial charge on any atom is 0.408 e. The number of benzene rings is 1. The number of amides is 4. The summed E-state index contributed by atoms with van der Waals surface area (Å²) in [7, 11) is 3.41. The standard InChI is InChI=1S/C30H40N6O5/c1-17(18-8-7-9-19(10-18)26(37)33(5)6)35-22-13-25(28(35)39)34(15-22)16-23(32-29(40)41-30(2,3)4)27(38)36-21(14-31)11-20-12-24(20)36/h7-10,17,20-25H,11-13,15-16H2,1-6H3,(H,32,40)/t17-,20+,21-,22+,23-,24-,25+/m0/s1. The van der Waals surface area contributed by atoms with E-state index >= 15 is 0 Å². The molecular formula is C30H40N6O5. The number of hydrogen-bond donors (Lipinski definition) is 1. The van der Waals surface area contributed by atoms with Crippen molar-refractivity contribution in [1.82, 2.24) is 24.9 Å². The number of ether oxygens (including phenoxy) is 1. The molecule has 2 bridgehead atoms. The minimum absolute atomic E-state index is 0.0279. The first-order chi connectivity index (χ1) is 19.3. The Morgan fingerprint density at radius 1 is 1.20 bits per heavy atom. The van der Waals surface area contributed by atoms with E-state index in [1.165, 1.54) is 4.90 Å². The quantitative estimate of drug-likeness (QED) is 0.538. The predicted molar refractivity (Wildman–Crippen MR) is 149 cm³/mol. The summed E-state index contributed by atoms with van der Waals surface area (Å²) < 4.78 is 5.45. The second-order valence-electron chi connectivity index (χ2n) is 13.0. The van der Waals surface area contributed by atoms with Gasteiger partial charge in [0.15, 0.2) is 0 Å². The third-order valence-electron chi connectivity index (χ3n) is 8.67. The predicted octanol–water partition coefficient (Wildman–Crippen LogP) is 2.14. The number of piperazine rings is 1. The van der Waals surface area contributed by atoms with Crippen LogP contribution in [-0.4, -0.2) is 106 Å². The lowest BCUT2D eigenvalue weighted by Gasteiger charge is -2.39. The molecule has 0 radical (unpaired) electrons. The number of piperidine rings is 1. The van der Waals surface area contributed by atoms with Crippen molar-refractivity contribution in [2.75, 3.05) is 27.2 Å². The van der Waals surface area contributed by atoms with E-state index in [4.69, 9.17) is 4.74 Å². The van der Waals surface area contributed by atoms with Gasteiger partial charge >= 0.3 is 6.09 Å². The molecule has 1 aliphatic carbocycles. The van der Waals surface area contributed by atoms with Crippen molar-refractivity contribution in [1.29, 1.82) is 5.26 Å². The maximum atomic E-state index is 13.8. The summed E-state index contributed by atoms with van der Waals surface area (Å²) in [6.07, 6.45) is 1.47. The van der Waals surface area contributed by atoms with Gasteiger partial charge in [0.1, 0.15) is 17.7 Å². The number of alkyl carbamates (subject to hydrolysis) is 1. The summed E-state index contributed by atoms with van der Waals surface area (Å²) in [4.78, 5) is 59.7. The van der Waals surface area contributed by atoms with Crippen molar-refractivity contribution in [2.24, 2.45) is 5.92 Å². The number of hydrogen-bond acceptors (Lipinski definition) is 7. The molecule has 0 spiro atoms. The van der Waals surface area contributed by atoms with Crippen LogP contribution in [-0.2, 0) is 14.3 Å². The van der Waals surface area contributed by atoms with E-state index in [9.17, 15) is 24.4 Å². The van der Waals surface area contributed by atoms with E-state index in [-0.39, 0.29) is 42.4 Å². The summed E-state index contributed by atoms with van der Waals surface area (Å²) in [5.41, 5.74) is 0.721. The highest BCUT2D eigenvalue weighted by molar-refractivity contribution is 5.94. The molecule has 3 aliphatic heterocycles. The minimum atomic E-state index is -0.938. The smallest absolute Gasteiger partial charge is 0.408 e. The SMILES string of the molecule is C[C@@H](c1cccc(C(=O)N(C)C)c1)N1C(=O)[C@H]2C[C@@H]1CN2C[C@H](NC(=O)OC(C)(C)C)C(=O)N1[C@H](C#N)C[C@@H]2C[C@@H]21. The second kappa shape index (κ2) is 10.6. The average molecular weight is 565 g/mol. The molecular weight excluding hydrogens is 524 g/mol. The van der Waals surface area contributed by atoms with Crippen molar-refractivity contribution in [2.45, 2.75) is 88.8 Å². The normalized spacial score (nSPS) is 28.1. The third kappa shape index (κ3) is 5.62. The van der Waals surface area contributed by atoms with E-state index in [0.717, 1.165) is 12.0 Å². The number of nitriles is 1. The Hall–Kier alpha value is -3.65. The number of likely N-dealkylation sites (tertiary alicyclic amines) is 3. The molecule has 7 atom stereocenters. The zero-order valence-electron chi connectivity index (χ0n) is 24.7. The summed E-state index contributed by atoms with van der Waals surface area (Å²) in [5, 5.41) is 12.4. The van der Waals surface area contributed by atoms with Gasteiger partial charge in [0.05, 0.1) is 18.2 Å². The van der Waals surface area contributed by atoms with Crippen LogP contribution in [0.2, 0.25) is 0 Å². The summed E-state index contributed by atoms with van der Waals surface area (Å²) in [6.45, 7) is 7.95. The monoisotopic (exact) mass is 564 g/mol. The Kier molecular flexibility index (Phi) is 7.49. The summed E-state index contributed by atoms with van der Waals surface area (Å²) in [5.74, 6) is -0.0753. The van der Waals surface area contributed by atoms with Crippen LogP contribution in [0.4, 0.5) is 4.79 Å². The highest BCUT2D eigenvalue weighted by Gasteiger charge is 2.56. The highest BCUT2D eigenvalue weighted by Crippen LogP contribution is 2.48. The Bertz CT molecular complexity index is 1280. The highest BCUT2D eigenvalue weighted by atomic mass is 16.6. The Labute approximate surface area is 241 Å². The molecule has 4 aliphatic rings. The molecule has 1 aromatic rings. The van der Waals surface area contributed by atoms with Gasteiger partial charge in [0.25, 0.3) is 5.91 Å². The van der Waals surface area contributed by atoms with Crippen molar-refractivity contribution in [3.63, 3.8) is 0 Å². The zero-order valence-corrected chi connectivity index (χ0v) is 24.7. The van der Waals surface area contributed by atoms with Gasteiger partial charge in [-0.3, -0.25) is 19.3 Å². The maximum absolute atomic E-state index is 13.8. The van der Waals surface area contributed by atoms with E-state index < -0.39 is 29.8 Å². The molecule has 0 unspecified atom stereocenters. The summed E-state index contributed by atoms with van der Waals surface area (Å²) in [6, 6.07) is 7.53. The lowest BCUT2D eigenvalue weighted by atomic mass is 10.0. The molecule has 220 valence electrons. The van der Waals surface area contributed by atoms with E-state index in [1.807, 2.05) is 34.9 Å². The lowest BCUT2D eigenvalue weighted by Crippen LogP contribution is -2.59. The molecule has 11 nitrogen and oxygen atoms in total. The third-order valence-corrected chi connectivity index (χ3v) is 8.67. The fraction of sp³-hybridized carbons (Fsp3) is 0.633. The van der Waals surface area contributed by atoms with Gasteiger partial charge in [-0.05, 0) is 70.6 Å². The number of rotatable bonds is 7. The topological polar surface area (TPSA) is 126 Å². The van der Waals surface area contributed by atoms with E-state index in [1.54, 1.807) is 45.8 Å². The first kappa shape index (κ1) is 28.9. The Morgan fingerprint density at radius 2 is 1.93 bits per heavy atom. The van der Waals surface area contributed by atoms with Crippen molar-refractivity contribution < 1.29 is 23.9 Å². The van der Waals surface area contributed by atoms with Crippen molar-refractivity contribution >= 4 is 23.8 Å². The molecule has 3 saturated heterocycles. The van der Waals surface area contributed by atoms with Gasteiger partial charge in [-0.2, -0.15) is 5.26 Å². The molecule has 41 heavy (non-hydrogen) atoms. The molecule has 1 N–H and O–H groups in total.